The molecule has 0 fully saturated rings. The Morgan fingerprint density at radius 2 is 0.634 bits per heavy atom. The largest absolute Gasteiger partial charge is 0.393 e. The number of allylic oxidation sites excluding steroid dienone is 2. The summed E-state index contributed by atoms with van der Waals surface area (Å²) in [6.07, 6.45) is 41.2. The smallest absolute Gasteiger partial charge is 0.313 e. The third-order valence-electron chi connectivity index (χ3n) is 7.85. The standard InChI is InChI=1S/C36H68O3.2Ag/c1-3-5-7-9-11-13-15-17-19-21-23-25-27-29-31-33-35(37)39-36(38)34-32-30-28-26-24-22-20-18-16-14-12-10-8-6-4-2;;/h17,19H,3-16,18,20-34H2,1-2H3;;/b19-17-;;. The normalized spacial score (nSPS) is 10.9. The second-order valence-electron chi connectivity index (χ2n) is 11.9. The minimum atomic E-state index is -0.335. The monoisotopic (exact) mass is 762 g/mol. The molecule has 2 radical (unpaired) electrons. The molecule has 0 aromatic rings. The third kappa shape index (κ3) is 40.4. The minimum absolute atomic E-state index is 0. The number of carbonyl (C=O) groups excluding carboxylic acids is 2. The van der Waals surface area contributed by atoms with Crippen LogP contribution in [0.15, 0.2) is 12.2 Å². The number of rotatable bonds is 31. The van der Waals surface area contributed by atoms with Gasteiger partial charge in [-0.3, -0.25) is 9.59 Å². The van der Waals surface area contributed by atoms with E-state index in [-0.39, 0.29) is 56.7 Å². The van der Waals surface area contributed by atoms with E-state index in [0.29, 0.717) is 12.8 Å². The average Bonchev–Trinajstić information content (AvgIpc) is 2.93. The zero-order valence-corrected chi connectivity index (χ0v) is 30.2. The zero-order valence-electron chi connectivity index (χ0n) is 27.2. The molecule has 0 N–H and O–H groups in total. The number of carbonyl (C=O) groups is 2. The van der Waals surface area contributed by atoms with Crippen LogP contribution in [-0.2, 0) is 59.1 Å². The number of unbranched alkanes of at least 4 members (excludes halogenated alkanes) is 25. The van der Waals surface area contributed by atoms with Gasteiger partial charge in [-0.25, -0.2) is 0 Å². The van der Waals surface area contributed by atoms with E-state index in [1.807, 2.05) is 0 Å². The van der Waals surface area contributed by atoms with Gasteiger partial charge < -0.3 is 4.74 Å². The molecule has 0 unspecified atom stereocenters. The van der Waals surface area contributed by atoms with Gasteiger partial charge in [-0.05, 0) is 38.5 Å². The van der Waals surface area contributed by atoms with Gasteiger partial charge in [0.15, 0.2) is 0 Å². The second kappa shape index (κ2) is 40.4. The molecule has 41 heavy (non-hydrogen) atoms. The van der Waals surface area contributed by atoms with Gasteiger partial charge in [0, 0.05) is 57.6 Å². The fraction of sp³-hybridized carbons (Fsp3) is 0.889. The minimum Gasteiger partial charge on any atom is -0.393 e. The maximum atomic E-state index is 11.9. The molecule has 0 heterocycles. The van der Waals surface area contributed by atoms with Gasteiger partial charge in [-0.15, -0.1) is 0 Å². The van der Waals surface area contributed by atoms with Crippen molar-refractivity contribution in [1.29, 1.82) is 0 Å². The third-order valence-corrected chi connectivity index (χ3v) is 7.85. The van der Waals surface area contributed by atoms with Gasteiger partial charge in [-0.1, -0.05) is 167 Å². The van der Waals surface area contributed by atoms with Crippen molar-refractivity contribution in [3.8, 4) is 0 Å². The summed E-state index contributed by atoms with van der Waals surface area (Å²) < 4.78 is 5.00. The predicted octanol–water partition coefficient (Wildman–Crippen LogP) is 12.4. The molecule has 5 heteroatoms. The summed E-state index contributed by atoms with van der Waals surface area (Å²) in [7, 11) is 0. The van der Waals surface area contributed by atoms with E-state index in [1.54, 1.807) is 0 Å². The topological polar surface area (TPSA) is 43.4 Å². The van der Waals surface area contributed by atoms with Crippen molar-refractivity contribution in [1.82, 2.24) is 0 Å². The van der Waals surface area contributed by atoms with Crippen molar-refractivity contribution in [3.05, 3.63) is 12.2 Å². The molecule has 3 nitrogen and oxygen atoms in total. The van der Waals surface area contributed by atoms with Gasteiger partial charge in [0.2, 0.25) is 0 Å². The Labute approximate surface area is 288 Å². The first-order chi connectivity index (χ1) is 19.2. The van der Waals surface area contributed by atoms with Crippen LogP contribution in [-0.4, -0.2) is 11.9 Å². The summed E-state index contributed by atoms with van der Waals surface area (Å²) in [6, 6.07) is 0. The summed E-state index contributed by atoms with van der Waals surface area (Å²) in [5.74, 6) is -0.666. The van der Waals surface area contributed by atoms with E-state index in [4.69, 9.17) is 4.74 Å². The molecule has 0 atom stereocenters. The molecule has 0 aromatic heterocycles. The van der Waals surface area contributed by atoms with Gasteiger partial charge >= 0.3 is 11.9 Å². The Kier molecular flexibility index (Phi) is 45.1. The summed E-state index contributed by atoms with van der Waals surface area (Å²) in [6.45, 7) is 4.54. The molecule has 0 saturated carbocycles. The number of hydrogen-bond acceptors (Lipinski definition) is 3. The first kappa shape index (κ1) is 45.8. The Morgan fingerprint density at radius 3 is 0.927 bits per heavy atom. The first-order valence-electron chi connectivity index (χ1n) is 17.6. The Hall–Kier alpha value is 0.361. The maximum Gasteiger partial charge on any atom is 0.313 e. The SMILES string of the molecule is CCCCCCCC/C=C\CCCCCCCC(=O)OC(=O)CCCCCCCCCCCCCCCCC.[Ag].[Ag]. The van der Waals surface area contributed by atoms with Gasteiger partial charge in [0.1, 0.15) is 0 Å². The fourth-order valence-corrected chi connectivity index (χ4v) is 5.21. The summed E-state index contributed by atoms with van der Waals surface area (Å²) in [5, 5.41) is 0. The average molecular weight is 765 g/mol. The van der Waals surface area contributed by atoms with Crippen LogP contribution in [0, 0.1) is 0 Å². The molecule has 0 saturated heterocycles. The molecule has 0 aliphatic heterocycles. The van der Waals surface area contributed by atoms with E-state index < -0.39 is 0 Å². The van der Waals surface area contributed by atoms with Crippen LogP contribution in [0.2, 0.25) is 0 Å². The fourth-order valence-electron chi connectivity index (χ4n) is 5.21. The molecular formula is C36H68Ag2O3. The van der Waals surface area contributed by atoms with Crippen molar-refractivity contribution in [3.63, 3.8) is 0 Å². The summed E-state index contributed by atoms with van der Waals surface area (Å²) in [5.41, 5.74) is 0. The van der Waals surface area contributed by atoms with Gasteiger partial charge in [0.25, 0.3) is 0 Å². The van der Waals surface area contributed by atoms with Crippen molar-refractivity contribution in [2.24, 2.45) is 0 Å². The van der Waals surface area contributed by atoms with E-state index >= 15 is 0 Å². The Balaban J connectivity index is -0.00000722. The van der Waals surface area contributed by atoms with Crippen LogP contribution in [0.5, 0.6) is 0 Å². The second-order valence-corrected chi connectivity index (χ2v) is 11.9. The zero-order chi connectivity index (χ0) is 28.5. The molecule has 0 amide bonds. The maximum absolute atomic E-state index is 11.9. The van der Waals surface area contributed by atoms with E-state index in [1.165, 1.54) is 148 Å². The first-order valence-corrected chi connectivity index (χ1v) is 17.6. The molecule has 0 aliphatic carbocycles. The van der Waals surface area contributed by atoms with Crippen LogP contribution in [0.25, 0.3) is 0 Å². The quantitative estimate of drug-likeness (QED) is 0.0232. The van der Waals surface area contributed by atoms with Crippen LogP contribution in [0.4, 0.5) is 0 Å². The molecule has 0 rings (SSSR count). The number of hydrogen-bond donors (Lipinski definition) is 0. The van der Waals surface area contributed by atoms with E-state index in [0.717, 1.165) is 32.1 Å². The van der Waals surface area contributed by atoms with Crippen LogP contribution < -0.4 is 0 Å². The molecule has 0 aromatic carbocycles. The molecule has 0 bridgehead atoms. The van der Waals surface area contributed by atoms with Gasteiger partial charge in [-0.2, -0.15) is 0 Å². The number of esters is 2. The van der Waals surface area contributed by atoms with E-state index in [9.17, 15) is 9.59 Å². The summed E-state index contributed by atoms with van der Waals surface area (Å²) in [4.78, 5) is 23.8. The van der Waals surface area contributed by atoms with Crippen molar-refractivity contribution in [2.45, 2.75) is 206 Å². The Bertz CT molecular complexity index is 551. The molecule has 0 aliphatic rings. The van der Waals surface area contributed by atoms with Crippen molar-refractivity contribution >= 4 is 11.9 Å². The predicted molar refractivity (Wildman–Crippen MR) is 170 cm³/mol. The molecule has 0 spiro atoms. The van der Waals surface area contributed by atoms with Crippen molar-refractivity contribution < 1.29 is 59.1 Å². The van der Waals surface area contributed by atoms with E-state index in [2.05, 4.69) is 26.0 Å². The number of ether oxygens (including phenoxy) is 1. The molecule has 252 valence electrons. The molecular weight excluding hydrogens is 696 g/mol. The van der Waals surface area contributed by atoms with Crippen LogP contribution in [0.1, 0.15) is 206 Å². The van der Waals surface area contributed by atoms with Crippen molar-refractivity contribution in [2.75, 3.05) is 0 Å². The summed E-state index contributed by atoms with van der Waals surface area (Å²) >= 11 is 0. The Morgan fingerprint density at radius 1 is 0.390 bits per heavy atom. The van der Waals surface area contributed by atoms with Gasteiger partial charge in [0.05, 0.1) is 0 Å². The van der Waals surface area contributed by atoms with Crippen LogP contribution >= 0.6 is 0 Å². The van der Waals surface area contributed by atoms with Crippen LogP contribution in [0.3, 0.4) is 0 Å².